The number of carbonyl (C=O) groups is 2. The van der Waals surface area contributed by atoms with Crippen molar-refractivity contribution < 1.29 is 14.3 Å². The van der Waals surface area contributed by atoms with Gasteiger partial charge in [0.05, 0.1) is 11.5 Å². The Balaban J connectivity index is 1.41. The number of fused-ring (bicyclic) bond motifs is 1. The first-order valence-electron chi connectivity index (χ1n) is 14.9. The fourth-order valence-corrected chi connectivity index (χ4v) is 6.75. The SMILES string of the molecule is CCOc1ccc(C(C(=O)NC2CCCC2)N(C(=O)Cn2nnc(-c3cccs3)n2)c2cccc3c2CCCC3)cc1. The number of rotatable bonds is 10. The van der Waals surface area contributed by atoms with E-state index in [2.05, 4.69) is 26.8 Å². The van der Waals surface area contributed by atoms with Crippen LogP contribution >= 0.6 is 11.3 Å². The van der Waals surface area contributed by atoms with Crippen LogP contribution in [0.15, 0.2) is 60.0 Å². The molecule has 0 bridgehead atoms. The van der Waals surface area contributed by atoms with Crippen LogP contribution in [0.5, 0.6) is 5.75 Å². The van der Waals surface area contributed by atoms with Crippen LogP contribution in [-0.2, 0) is 29.0 Å². The van der Waals surface area contributed by atoms with Gasteiger partial charge in [0.15, 0.2) is 0 Å². The van der Waals surface area contributed by atoms with E-state index in [4.69, 9.17) is 4.74 Å². The Kier molecular flexibility index (Phi) is 8.60. The van der Waals surface area contributed by atoms with Crippen molar-refractivity contribution >= 4 is 28.8 Å². The molecular weight excluding hydrogens is 548 g/mol. The maximum atomic E-state index is 14.4. The molecule has 1 unspecified atom stereocenters. The third-order valence-electron chi connectivity index (χ3n) is 8.09. The van der Waals surface area contributed by atoms with Crippen molar-refractivity contribution in [3.63, 3.8) is 0 Å². The Hall–Kier alpha value is -4.05. The van der Waals surface area contributed by atoms with Gasteiger partial charge in [-0.3, -0.25) is 14.5 Å². The van der Waals surface area contributed by atoms with Gasteiger partial charge in [-0.15, -0.1) is 21.5 Å². The number of amides is 2. The van der Waals surface area contributed by atoms with Crippen LogP contribution in [0.1, 0.15) is 68.2 Å². The zero-order valence-corrected chi connectivity index (χ0v) is 24.7. The topological polar surface area (TPSA) is 102 Å². The maximum absolute atomic E-state index is 14.4. The Morgan fingerprint density at radius 1 is 1.05 bits per heavy atom. The molecule has 2 aliphatic rings. The molecule has 2 amide bonds. The van der Waals surface area contributed by atoms with E-state index in [1.165, 1.54) is 21.7 Å². The molecule has 2 aromatic carbocycles. The lowest BCUT2D eigenvalue weighted by atomic mass is 9.89. The Morgan fingerprint density at radius 3 is 2.62 bits per heavy atom. The number of nitrogens with one attached hydrogen (secondary N) is 1. The Labute approximate surface area is 249 Å². The van der Waals surface area contributed by atoms with Crippen molar-refractivity contribution in [2.24, 2.45) is 0 Å². The van der Waals surface area contributed by atoms with Gasteiger partial charge in [0, 0.05) is 11.7 Å². The molecular formula is C32H36N6O3S. The first-order valence-corrected chi connectivity index (χ1v) is 15.8. The highest BCUT2D eigenvalue weighted by Crippen LogP contribution is 2.36. The molecule has 42 heavy (non-hydrogen) atoms. The van der Waals surface area contributed by atoms with Crippen LogP contribution in [0.3, 0.4) is 0 Å². The molecule has 218 valence electrons. The van der Waals surface area contributed by atoms with Gasteiger partial charge < -0.3 is 10.1 Å². The minimum atomic E-state index is -0.873. The van der Waals surface area contributed by atoms with Crippen molar-refractivity contribution in [3.05, 3.63) is 76.7 Å². The second-order valence-corrected chi connectivity index (χ2v) is 11.8. The fourth-order valence-electron chi connectivity index (χ4n) is 6.10. The van der Waals surface area contributed by atoms with Gasteiger partial charge in [0.25, 0.3) is 5.91 Å². The van der Waals surface area contributed by atoms with Crippen molar-refractivity contribution in [2.45, 2.75) is 76.9 Å². The average Bonchev–Trinajstić information content (AvgIpc) is 3.80. The molecule has 10 heteroatoms. The quantitative estimate of drug-likeness (QED) is 0.264. The van der Waals surface area contributed by atoms with Gasteiger partial charge in [-0.2, -0.15) is 4.80 Å². The molecule has 2 aliphatic carbocycles. The minimum Gasteiger partial charge on any atom is -0.494 e. The van der Waals surface area contributed by atoms with Crippen molar-refractivity contribution in [1.82, 2.24) is 25.5 Å². The van der Waals surface area contributed by atoms with Crippen molar-refractivity contribution in [3.8, 4) is 16.5 Å². The van der Waals surface area contributed by atoms with E-state index in [0.717, 1.165) is 78.8 Å². The summed E-state index contributed by atoms with van der Waals surface area (Å²) >= 11 is 1.52. The predicted molar refractivity (Wildman–Crippen MR) is 162 cm³/mol. The highest BCUT2D eigenvalue weighted by atomic mass is 32.1. The zero-order valence-electron chi connectivity index (χ0n) is 23.9. The average molecular weight is 585 g/mol. The van der Waals surface area contributed by atoms with E-state index in [-0.39, 0.29) is 24.4 Å². The van der Waals surface area contributed by atoms with E-state index >= 15 is 0 Å². The fraction of sp³-hybridized carbons (Fsp3) is 0.406. The summed E-state index contributed by atoms with van der Waals surface area (Å²) in [6.45, 7) is 2.34. The summed E-state index contributed by atoms with van der Waals surface area (Å²) in [4.78, 5) is 32.5. The first-order chi connectivity index (χ1) is 20.6. The minimum absolute atomic E-state index is 0.106. The summed E-state index contributed by atoms with van der Waals surface area (Å²) in [5.41, 5.74) is 3.86. The second kappa shape index (κ2) is 12.9. The summed E-state index contributed by atoms with van der Waals surface area (Å²) in [5.74, 6) is 0.741. The molecule has 0 aliphatic heterocycles. The lowest BCUT2D eigenvalue weighted by molar-refractivity contribution is -0.127. The lowest BCUT2D eigenvalue weighted by Crippen LogP contribution is -2.47. The standard InChI is InChI=1S/C32H36N6O3S/c1-2-41-25-18-16-23(17-19-25)30(32(40)33-24-11-4-5-12-24)38(27-14-7-10-22-9-3-6-13-26(22)27)29(39)21-37-35-31(34-36-37)28-15-8-20-42-28/h7-8,10,14-20,24,30H,2-6,9,11-13,21H2,1H3,(H,33,40). The normalized spacial score (nSPS) is 15.6. The summed E-state index contributed by atoms with van der Waals surface area (Å²) in [6.07, 6.45) is 8.07. The molecule has 2 heterocycles. The summed E-state index contributed by atoms with van der Waals surface area (Å²) in [6, 6.07) is 16.7. The number of thiophene rings is 1. The molecule has 1 atom stereocenters. The zero-order chi connectivity index (χ0) is 28.9. The number of hydrogen-bond donors (Lipinski definition) is 1. The van der Waals surface area contributed by atoms with Crippen LogP contribution in [0.25, 0.3) is 10.7 Å². The van der Waals surface area contributed by atoms with Crippen LogP contribution in [0.4, 0.5) is 5.69 Å². The summed E-state index contributed by atoms with van der Waals surface area (Å²) in [7, 11) is 0. The number of aromatic nitrogens is 4. The molecule has 9 nitrogen and oxygen atoms in total. The highest BCUT2D eigenvalue weighted by molar-refractivity contribution is 7.13. The molecule has 0 saturated heterocycles. The van der Waals surface area contributed by atoms with Gasteiger partial charge in [0.2, 0.25) is 11.7 Å². The number of anilines is 1. The number of aryl methyl sites for hydroxylation is 1. The van der Waals surface area contributed by atoms with E-state index in [1.807, 2.05) is 60.8 Å². The number of ether oxygens (including phenoxy) is 1. The molecule has 2 aromatic heterocycles. The van der Waals surface area contributed by atoms with Gasteiger partial charge >= 0.3 is 0 Å². The lowest BCUT2D eigenvalue weighted by Gasteiger charge is -2.35. The van der Waals surface area contributed by atoms with Gasteiger partial charge in [-0.1, -0.05) is 43.2 Å². The Morgan fingerprint density at radius 2 is 1.86 bits per heavy atom. The molecule has 4 aromatic rings. The smallest absolute Gasteiger partial charge is 0.251 e. The van der Waals surface area contributed by atoms with Crippen LogP contribution < -0.4 is 15.0 Å². The van der Waals surface area contributed by atoms with E-state index in [9.17, 15) is 9.59 Å². The molecule has 6 rings (SSSR count). The van der Waals surface area contributed by atoms with Crippen LogP contribution in [-0.4, -0.2) is 44.7 Å². The van der Waals surface area contributed by atoms with E-state index in [0.29, 0.717) is 12.4 Å². The van der Waals surface area contributed by atoms with Gasteiger partial charge in [-0.25, -0.2) is 0 Å². The van der Waals surface area contributed by atoms with Gasteiger partial charge in [0.1, 0.15) is 18.3 Å². The molecule has 1 fully saturated rings. The number of nitrogens with zero attached hydrogens (tertiary/aromatic N) is 5. The summed E-state index contributed by atoms with van der Waals surface area (Å²) < 4.78 is 5.68. The first kappa shape index (κ1) is 28.1. The number of benzene rings is 2. The molecule has 0 spiro atoms. The highest BCUT2D eigenvalue weighted by Gasteiger charge is 2.36. The van der Waals surface area contributed by atoms with Crippen molar-refractivity contribution in [1.29, 1.82) is 0 Å². The predicted octanol–water partition coefficient (Wildman–Crippen LogP) is 5.51. The van der Waals surface area contributed by atoms with Crippen molar-refractivity contribution in [2.75, 3.05) is 11.5 Å². The monoisotopic (exact) mass is 584 g/mol. The number of tetrazole rings is 1. The summed E-state index contributed by atoms with van der Waals surface area (Å²) in [5, 5.41) is 18.1. The van der Waals surface area contributed by atoms with Crippen LogP contribution in [0, 0.1) is 0 Å². The Bertz CT molecular complexity index is 1510. The maximum Gasteiger partial charge on any atom is 0.251 e. The largest absolute Gasteiger partial charge is 0.494 e. The van der Waals surface area contributed by atoms with E-state index < -0.39 is 6.04 Å². The molecule has 1 saturated carbocycles. The van der Waals surface area contributed by atoms with E-state index in [1.54, 1.807) is 4.90 Å². The van der Waals surface area contributed by atoms with Crippen LogP contribution in [0.2, 0.25) is 0 Å². The molecule has 0 radical (unpaired) electrons. The third kappa shape index (κ3) is 6.09. The number of hydrogen-bond acceptors (Lipinski definition) is 7. The van der Waals surface area contributed by atoms with Gasteiger partial charge in [-0.05, 0) is 97.0 Å². The second-order valence-electron chi connectivity index (χ2n) is 10.9. The molecule has 1 N–H and O–H groups in total. The third-order valence-corrected chi connectivity index (χ3v) is 8.95. The number of carbonyl (C=O) groups excluding carboxylic acids is 2.